The van der Waals surface area contributed by atoms with Crippen LogP contribution in [0.2, 0.25) is 0 Å². The van der Waals surface area contributed by atoms with Gasteiger partial charge < -0.3 is 14.9 Å². The van der Waals surface area contributed by atoms with Gasteiger partial charge in [-0.05, 0) is 0 Å². The zero-order valence-electron chi connectivity index (χ0n) is 9.09. The van der Waals surface area contributed by atoms with E-state index in [9.17, 15) is 19.6 Å². The Hall–Kier alpha value is -1.84. The zero-order valence-corrected chi connectivity index (χ0v) is 9.09. The van der Waals surface area contributed by atoms with E-state index in [-0.39, 0.29) is 0 Å². The van der Waals surface area contributed by atoms with Crippen molar-refractivity contribution in [2.75, 3.05) is 6.61 Å². The van der Waals surface area contributed by atoms with E-state index in [1.807, 2.05) is 4.98 Å². The zero-order chi connectivity index (χ0) is 13.3. The number of aromatic amines is 1. The van der Waals surface area contributed by atoms with Crippen LogP contribution in [0.1, 0.15) is 6.23 Å². The van der Waals surface area contributed by atoms with Crippen molar-refractivity contribution in [2.24, 2.45) is 5.18 Å². The van der Waals surface area contributed by atoms with E-state index in [1.54, 1.807) is 0 Å². The van der Waals surface area contributed by atoms with Gasteiger partial charge in [0.1, 0.15) is 12.2 Å². The van der Waals surface area contributed by atoms with Gasteiger partial charge in [0.15, 0.2) is 12.3 Å². The van der Waals surface area contributed by atoms with Crippen molar-refractivity contribution < 1.29 is 14.9 Å². The van der Waals surface area contributed by atoms with Gasteiger partial charge in [-0.15, -0.1) is 0 Å². The summed E-state index contributed by atoms with van der Waals surface area (Å²) in [7, 11) is 0. The average Bonchev–Trinajstić information content (AvgIpc) is 2.65. The van der Waals surface area contributed by atoms with Gasteiger partial charge in [-0.25, -0.2) is 4.79 Å². The number of aliphatic hydroxyl groups is 2. The number of hydrogen-bond acceptors (Lipinski definition) is 7. The number of aromatic nitrogens is 2. The molecule has 0 saturated carbocycles. The number of H-pyrrole nitrogens is 1. The van der Waals surface area contributed by atoms with Crippen LogP contribution in [0.4, 0.5) is 0 Å². The first-order chi connectivity index (χ1) is 8.58. The van der Waals surface area contributed by atoms with E-state index in [2.05, 4.69) is 5.18 Å². The molecule has 0 radical (unpaired) electrons. The second-order valence-corrected chi connectivity index (χ2v) is 3.85. The fourth-order valence-electron chi connectivity index (χ4n) is 1.85. The van der Waals surface area contributed by atoms with Gasteiger partial charge in [0.25, 0.3) is 5.56 Å². The van der Waals surface area contributed by atoms with Crippen LogP contribution in [0.5, 0.6) is 0 Å². The van der Waals surface area contributed by atoms with E-state index in [1.165, 1.54) is 0 Å². The summed E-state index contributed by atoms with van der Waals surface area (Å²) < 4.78 is 6.12. The van der Waals surface area contributed by atoms with Crippen LogP contribution in [-0.4, -0.2) is 44.6 Å². The van der Waals surface area contributed by atoms with Crippen molar-refractivity contribution in [3.05, 3.63) is 38.0 Å². The number of ether oxygens (including phenoxy) is 1. The SMILES string of the molecule is O=NC1[C@H](n2ccc(=O)[nH]c2=O)O[C@H](CO)[C@H]1O. The predicted molar refractivity (Wildman–Crippen MR) is 57.9 cm³/mol. The van der Waals surface area contributed by atoms with Crippen LogP contribution in [0.3, 0.4) is 0 Å². The van der Waals surface area contributed by atoms with Crippen molar-refractivity contribution in [2.45, 2.75) is 24.5 Å². The maximum atomic E-state index is 11.5. The fourth-order valence-corrected chi connectivity index (χ4v) is 1.85. The van der Waals surface area contributed by atoms with Crippen LogP contribution in [0.15, 0.2) is 27.0 Å². The molecule has 0 aliphatic carbocycles. The molecular weight excluding hydrogens is 246 g/mol. The maximum Gasteiger partial charge on any atom is 0.330 e. The summed E-state index contributed by atoms with van der Waals surface area (Å²) in [6.07, 6.45) is -2.33. The van der Waals surface area contributed by atoms with Crippen LogP contribution in [0.25, 0.3) is 0 Å². The normalized spacial score (nSPS) is 31.4. The van der Waals surface area contributed by atoms with Crippen molar-refractivity contribution >= 4 is 0 Å². The lowest BCUT2D eigenvalue weighted by Crippen LogP contribution is -2.36. The smallest absolute Gasteiger partial charge is 0.330 e. The average molecular weight is 257 g/mol. The lowest BCUT2D eigenvalue weighted by molar-refractivity contribution is -0.0464. The summed E-state index contributed by atoms with van der Waals surface area (Å²) in [6.45, 7) is -0.512. The molecule has 0 amide bonds. The minimum absolute atomic E-state index is 0.512. The fraction of sp³-hybridized carbons (Fsp3) is 0.556. The highest BCUT2D eigenvalue weighted by atomic mass is 16.5. The first-order valence-corrected chi connectivity index (χ1v) is 5.17. The molecule has 1 aliphatic heterocycles. The molecule has 98 valence electrons. The topological polar surface area (TPSA) is 134 Å². The Morgan fingerprint density at radius 2 is 2.22 bits per heavy atom. The van der Waals surface area contributed by atoms with Gasteiger partial charge in [-0.2, -0.15) is 4.91 Å². The maximum absolute atomic E-state index is 11.5. The molecule has 0 bridgehead atoms. The minimum Gasteiger partial charge on any atom is -0.394 e. The van der Waals surface area contributed by atoms with E-state index < -0.39 is 42.3 Å². The van der Waals surface area contributed by atoms with Gasteiger partial charge in [-0.1, -0.05) is 5.18 Å². The standard InChI is InChI=1S/C9H11N3O6/c13-3-4-7(15)6(11-17)8(18-4)12-2-1-5(14)10-9(12)16/h1-2,4,6-8,13,15H,3H2,(H,10,14,16)/t4-,6?,7-,8-/m1/s1. The summed E-state index contributed by atoms with van der Waals surface area (Å²) >= 11 is 0. The van der Waals surface area contributed by atoms with E-state index in [4.69, 9.17) is 9.84 Å². The molecule has 4 atom stereocenters. The Balaban J connectivity index is 2.41. The molecule has 1 aromatic rings. The third-order valence-corrected chi connectivity index (χ3v) is 2.76. The summed E-state index contributed by atoms with van der Waals surface area (Å²) in [5, 5.41) is 21.3. The predicted octanol–water partition coefficient (Wildman–Crippen LogP) is -2.08. The molecule has 1 aromatic heterocycles. The Morgan fingerprint density at radius 3 is 2.78 bits per heavy atom. The molecule has 18 heavy (non-hydrogen) atoms. The number of nitrogens with zero attached hydrogens (tertiary/aromatic N) is 2. The molecule has 1 fully saturated rings. The molecule has 9 heteroatoms. The van der Waals surface area contributed by atoms with Gasteiger partial charge in [0.05, 0.1) is 6.61 Å². The largest absolute Gasteiger partial charge is 0.394 e. The Morgan fingerprint density at radius 1 is 1.50 bits per heavy atom. The Labute approximate surface area is 99.6 Å². The highest BCUT2D eigenvalue weighted by molar-refractivity contribution is 4.96. The Kier molecular flexibility index (Phi) is 3.36. The highest BCUT2D eigenvalue weighted by Gasteiger charge is 2.46. The lowest BCUT2D eigenvalue weighted by Gasteiger charge is -2.15. The number of rotatable bonds is 3. The van der Waals surface area contributed by atoms with Crippen molar-refractivity contribution in [3.8, 4) is 0 Å². The van der Waals surface area contributed by atoms with Crippen LogP contribution in [0, 0.1) is 4.91 Å². The molecule has 9 nitrogen and oxygen atoms in total. The van der Waals surface area contributed by atoms with Gasteiger partial charge in [0, 0.05) is 12.3 Å². The van der Waals surface area contributed by atoms with Crippen LogP contribution >= 0.6 is 0 Å². The molecule has 0 aromatic carbocycles. The summed E-state index contributed by atoms with van der Waals surface area (Å²) in [6, 6.07) is -0.156. The molecule has 2 heterocycles. The number of aliphatic hydroxyl groups excluding tert-OH is 2. The molecule has 2 rings (SSSR count). The van der Waals surface area contributed by atoms with Gasteiger partial charge in [0.2, 0.25) is 0 Å². The molecule has 1 saturated heterocycles. The van der Waals surface area contributed by atoms with E-state index in [0.29, 0.717) is 0 Å². The van der Waals surface area contributed by atoms with Crippen LogP contribution < -0.4 is 11.2 Å². The quantitative estimate of drug-likeness (QED) is 0.532. The first-order valence-electron chi connectivity index (χ1n) is 5.17. The third kappa shape index (κ3) is 1.98. The summed E-state index contributed by atoms with van der Waals surface area (Å²) in [4.78, 5) is 35.1. The van der Waals surface area contributed by atoms with E-state index >= 15 is 0 Å². The van der Waals surface area contributed by atoms with Gasteiger partial charge >= 0.3 is 5.69 Å². The van der Waals surface area contributed by atoms with Crippen molar-refractivity contribution in [1.82, 2.24) is 9.55 Å². The molecule has 3 N–H and O–H groups in total. The van der Waals surface area contributed by atoms with Crippen molar-refractivity contribution in [1.29, 1.82) is 0 Å². The summed E-state index contributed by atoms with van der Waals surface area (Å²) in [5.41, 5.74) is -1.38. The molecule has 1 aliphatic rings. The molecular formula is C9H11N3O6. The second kappa shape index (κ2) is 4.80. The van der Waals surface area contributed by atoms with E-state index in [0.717, 1.165) is 16.8 Å². The van der Waals surface area contributed by atoms with Crippen molar-refractivity contribution in [3.63, 3.8) is 0 Å². The van der Waals surface area contributed by atoms with Crippen LogP contribution in [-0.2, 0) is 4.74 Å². The number of nitroso groups, excluding NO2 is 1. The molecule has 1 unspecified atom stereocenters. The molecule has 0 spiro atoms. The second-order valence-electron chi connectivity index (χ2n) is 3.85. The third-order valence-electron chi connectivity index (χ3n) is 2.76. The first kappa shape index (κ1) is 12.6. The minimum atomic E-state index is -1.31. The Bertz CT molecular complexity index is 552. The summed E-state index contributed by atoms with van der Waals surface area (Å²) in [5.74, 6) is 0. The monoisotopic (exact) mass is 257 g/mol. The highest BCUT2D eigenvalue weighted by Crippen LogP contribution is 2.30. The number of nitrogens with one attached hydrogen (secondary N) is 1. The lowest BCUT2D eigenvalue weighted by atomic mass is 10.1. The van der Waals surface area contributed by atoms with Gasteiger partial charge in [-0.3, -0.25) is 14.3 Å². The number of hydrogen-bond donors (Lipinski definition) is 3.